The van der Waals surface area contributed by atoms with Gasteiger partial charge in [-0.25, -0.2) is 9.78 Å². The van der Waals surface area contributed by atoms with E-state index >= 15 is 0 Å². The summed E-state index contributed by atoms with van der Waals surface area (Å²) < 4.78 is 6.08. The Morgan fingerprint density at radius 2 is 1.86 bits per heavy atom. The molecule has 0 saturated heterocycles. The van der Waals surface area contributed by atoms with Crippen LogP contribution in [0.3, 0.4) is 0 Å². The lowest BCUT2D eigenvalue weighted by molar-refractivity contribution is -0.116. The lowest BCUT2D eigenvalue weighted by Crippen LogP contribution is -2.25. The molecule has 0 aliphatic rings. The zero-order valence-electron chi connectivity index (χ0n) is 15.6. The molecule has 28 heavy (non-hydrogen) atoms. The third-order valence-electron chi connectivity index (χ3n) is 4.30. The number of fused-ring (bicyclic) bond motifs is 1. The molecule has 8 nitrogen and oxygen atoms in total. The molecule has 3 rings (SSSR count). The van der Waals surface area contributed by atoms with Crippen molar-refractivity contribution in [3.8, 4) is 0 Å². The van der Waals surface area contributed by atoms with E-state index in [1.54, 1.807) is 49.5 Å². The molecule has 0 aliphatic heterocycles. The molecule has 0 bridgehead atoms. The fourth-order valence-electron chi connectivity index (χ4n) is 2.72. The predicted molar refractivity (Wildman–Crippen MR) is 106 cm³/mol. The molecule has 0 aliphatic carbocycles. The summed E-state index contributed by atoms with van der Waals surface area (Å²) in [5, 5.41) is 3.29. The second-order valence-corrected chi connectivity index (χ2v) is 6.13. The Bertz CT molecular complexity index is 1060. The third kappa shape index (κ3) is 4.17. The van der Waals surface area contributed by atoms with Gasteiger partial charge in [0, 0.05) is 31.4 Å². The van der Waals surface area contributed by atoms with E-state index in [9.17, 15) is 14.4 Å². The second kappa shape index (κ2) is 8.34. The van der Waals surface area contributed by atoms with Crippen molar-refractivity contribution >= 4 is 34.3 Å². The van der Waals surface area contributed by atoms with Gasteiger partial charge in [-0.05, 0) is 36.4 Å². The number of ether oxygens (including phenoxy) is 1. The molecule has 0 atom stereocenters. The van der Waals surface area contributed by atoms with Crippen LogP contribution in [-0.2, 0) is 16.1 Å². The SMILES string of the molecule is COC(=O)N(C)c1ccc(NC(=O)CCn2cnc3ccccc3c2=O)cc1. The van der Waals surface area contributed by atoms with Gasteiger partial charge in [-0.3, -0.25) is 19.1 Å². The van der Waals surface area contributed by atoms with Crippen LogP contribution in [0.5, 0.6) is 0 Å². The maximum atomic E-state index is 12.4. The van der Waals surface area contributed by atoms with Crippen molar-refractivity contribution in [2.45, 2.75) is 13.0 Å². The fraction of sp³-hybridized carbons (Fsp3) is 0.200. The van der Waals surface area contributed by atoms with Crippen molar-refractivity contribution < 1.29 is 14.3 Å². The molecular weight excluding hydrogens is 360 g/mol. The number of hydrogen-bond acceptors (Lipinski definition) is 5. The molecule has 1 heterocycles. The number of nitrogens with zero attached hydrogens (tertiary/aromatic N) is 3. The van der Waals surface area contributed by atoms with Crippen LogP contribution in [0.1, 0.15) is 6.42 Å². The number of amides is 2. The van der Waals surface area contributed by atoms with Crippen molar-refractivity contribution in [3.05, 3.63) is 65.2 Å². The highest BCUT2D eigenvalue weighted by Gasteiger charge is 2.11. The number of para-hydroxylation sites is 1. The number of carbonyl (C=O) groups is 2. The first kappa shape index (κ1) is 19.1. The van der Waals surface area contributed by atoms with Gasteiger partial charge in [0.15, 0.2) is 0 Å². The van der Waals surface area contributed by atoms with Gasteiger partial charge in [-0.2, -0.15) is 0 Å². The van der Waals surface area contributed by atoms with Gasteiger partial charge in [0.2, 0.25) is 5.91 Å². The summed E-state index contributed by atoms with van der Waals surface area (Å²) in [6, 6.07) is 13.9. The highest BCUT2D eigenvalue weighted by atomic mass is 16.5. The minimum absolute atomic E-state index is 0.129. The molecular formula is C20H20N4O4. The molecule has 8 heteroatoms. The summed E-state index contributed by atoms with van der Waals surface area (Å²) in [5.41, 5.74) is 1.69. The van der Waals surface area contributed by atoms with Crippen LogP contribution < -0.4 is 15.8 Å². The molecule has 144 valence electrons. The van der Waals surface area contributed by atoms with Crippen LogP contribution in [-0.4, -0.2) is 35.7 Å². The predicted octanol–water partition coefficient (Wildman–Crippen LogP) is 2.63. The number of hydrogen-bond donors (Lipinski definition) is 1. The largest absolute Gasteiger partial charge is 0.452 e. The van der Waals surface area contributed by atoms with Crippen molar-refractivity contribution in [2.75, 3.05) is 24.4 Å². The van der Waals surface area contributed by atoms with E-state index in [4.69, 9.17) is 0 Å². The molecule has 3 aromatic rings. The summed E-state index contributed by atoms with van der Waals surface area (Å²) in [6.07, 6.45) is 1.10. The minimum atomic E-state index is -0.480. The maximum Gasteiger partial charge on any atom is 0.413 e. The Labute approximate surface area is 161 Å². The molecule has 2 aromatic carbocycles. The van der Waals surface area contributed by atoms with Gasteiger partial charge in [0.05, 0.1) is 24.3 Å². The lowest BCUT2D eigenvalue weighted by Gasteiger charge is -2.16. The highest BCUT2D eigenvalue weighted by molar-refractivity contribution is 5.91. The number of carbonyl (C=O) groups excluding carboxylic acids is 2. The van der Waals surface area contributed by atoms with E-state index in [1.807, 2.05) is 6.07 Å². The van der Waals surface area contributed by atoms with Gasteiger partial charge >= 0.3 is 6.09 Å². The Kier molecular flexibility index (Phi) is 5.69. The zero-order chi connectivity index (χ0) is 20.1. The summed E-state index contributed by atoms with van der Waals surface area (Å²) in [5.74, 6) is -0.228. The smallest absolute Gasteiger partial charge is 0.413 e. The molecule has 0 fully saturated rings. The Balaban J connectivity index is 1.61. The van der Waals surface area contributed by atoms with Crippen molar-refractivity contribution in [1.82, 2.24) is 9.55 Å². The van der Waals surface area contributed by atoms with E-state index in [0.717, 1.165) is 0 Å². The van der Waals surface area contributed by atoms with Crippen LogP contribution in [0.4, 0.5) is 16.2 Å². The van der Waals surface area contributed by atoms with Crippen LogP contribution in [0.15, 0.2) is 59.7 Å². The van der Waals surface area contributed by atoms with E-state index in [2.05, 4.69) is 15.0 Å². The quantitative estimate of drug-likeness (QED) is 0.734. The van der Waals surface area contributed by atoms with E-state index in [-0.39, 0.29) is 24.4 Å². The number of benzene rings is 2. The second-order valence-electron chi connectivity index (χ2n) is 6.13. The number of rotatable bonds is 5. The minimum Gasteiger partial charge on any atom is -0.452 e. The summed E-state index contributed by atoms with van der Waals surface area (Å²) in [4.78, 5) is 41.7. The van der Waals surface area contributed by atoms with Gasteiger partial charge in [-0.15, -0.1) is 0 Å². The number of anilines is 2. The summed E-state index contributed by atoms with van der Waals surface area (Å²) in [6.45, 7) is 0.228. The fourth-order valence-corrected chi connectivity index (χ4v) is 2.72. The van der Waals surface area contributed by atoms with Gasteiger partial charge < -0.3 is 10.1 Å². The Morgan fingerprint density at radius 1 is 1.14 bits per heavy atom. The highest BCUT2D eigenvalue weighted by Crippen LogP contribution is 2.17. The van der Waals surface area contributed by atoms with Gasteiger partial charge in [-0.1, -0.05) is 12.1 Å². The van der Waals surface area contributed by atoms with Crippen molar-refractivity contribution in [2.24, 2.45) is 0 Å². The Morgan fingerprint density at radius 3 is 2.57 bits per heavy atom. The molecule has 0 spiro atoms. The molecule has 1 N–H and O–H groups in total. The summed E-state index contributed by atoms with van der Waals surface area (Å²) >= 11 is 0. The lowest BCUT2D eigenvalue weighted by atomic mass is 10.2. The van der Waals surface area contributed by atoms with Gasteiger partial charge in [0.25, 0.3) is 5.56 Å². The maximum absolute atomic E-state index is 12.4. The molecule has 0 radical (unpaired) electrons. The van der Waals surface area contributed by atoms with Crippen LogP contribution in [0.2, 0.25) is 0 Å². The van der Waals surface area contributed by atoms with Crippen LogP contribution in [0, 0.1) is 0 Å². The number of aromatic nitrogens is 2. The standard InChI is InChI=1S/C20H20N4O4/c1-23(20(27)28-2)15-9-7-14(8-10-15)22-18(25)11-12-24-13-21-17-6-4-3-5-16(17)19(24)26/h3-10,13H,11-12H2,1-2H3,(H,22,25). The Hall–Kier alpha value is -3.68. The number of nitrogens with one attached hydrogen (secondary N) is 1. The van der Waals surface area contributed by atoms with Crippen molar-refractivity contribution in [1.29, 1.82) is 0 Å². The van der Waals surface area contributed by atoms with E-state index in [0.29, 0.717) is 22.3 Å². The summed E-state index contributed by atoms with van der Waals surface area (Å²) in [7, 11) is 2.90. The first-order chi connectivity index (χ1) is 13.5. The van der Waals surface area contributed by atoms with Crippen LogP contribution in [0.25, 0.3) is 10.9 Å². The van der Waals surface area contributed by atoms with Crippen molar-refractivity contribution in [3.63, 3.8) is 0 Å². The van der Waals surface area contributed by atoms with Gasteiger partial charge in [0.1, 0.15) is 0 Å². The normalized spacial score (nSPS) is 10.5. The molecule has 2 amide bonds. The first-order valence-electron chi connectivity index (χ1n) is 8.65. The molecule has 1 aromatic heterocycles. The van der Waals surface area contributed by atoms with E-state index in [1.165, 1.54) is 22.9 Å². The monoisotopic (exact) mass is 380 g/mol. The molecule has 0 unspecified atom stereocenters. The van der Waals surface area contributed by atoms with E-state index < -0.39 is 6.09 Å². The average molecular weight is 380 g/mol. The van der Waals surface area contributed by atoms with Crippen LogP contribution >= 0.6 is 0 Å². The number of aryl methyl sites for hydroxylation is 1. The number of methoxy groups -OCH3 is 1. The third-order valence-corrected chi connectivity index (χ3v) is 4.30. The zero-order valence-corrected chi connectivity index (χ0v) is 15.6. The molecule has 0 saturated carbocycles. The average Bonchev–Trinajstić information content (AvgIpc) is 2.73. The first-order valence-corrected chi connectivity index (χ1v) is 8.65. The topological polar surface area (TPSA) is 93.5 Å².